The number of amides is 1. The number of ether oxygens (including phenoxy) is 1. The number of hydrogen-bond donors (Lipinski definition) is 2. The van der Waals surface area contributed by atoms with E-state index in [1.54, 1.807) is 26.2 Å². The van der Waals surface area contributed by atoms with Gasteiger partial charge in [0.15, 0.2) is 5.82 Å². The van der Waals surface area contributed by atoms with Gasteiger partial charge < -0.3 is 19.9 Å². The summed E-state index contributed by atoms with van der Waals surface area (Å²) in [5.41, 5.74) is 2.08. The number of aryl methyl sites for hydroxylation is 2. The number of carbonyl (C=O) groups is 1. The van der Waals surface area contributed by atoms with Crippen LogP contribution in [0.25, 0.3) is 0 Å². The van der Waals surface area contributed by atoms with Crippen LogP contribution in [0.5, 0.6) is 5.75 Å². The van der Waals surface area contributed by atoms with Gasteiger partial charge in [-0.05, 0) is 44.0 Å². The predicted molar refractivity (Wildman–Crippen MR) is 101 cm³/mol. The van der Waals surface area contributed by atoms with Gasteiger partial charge in [-0.3, -0.25) is 4.79 Å². The molecule has 0 unspecified atom stereocenters. The van der Waals surface area contributed by atoms with Crippen LogP contribution >= 0.6 is 0 Å². The molecule has 1 aromatic carbocycles. The Morgan fingerprint density at radius 1 is 1.19 bits per heavy atom. The zero-order valence-corrected chi connectivity index (χ0v) is 15.4. The second-order valence-electron chi connectivity index (χ2n) is 6.02. The molecule has 2 heterocycles. The second-order valence-corrected chi connectivity index (χ2v) is 6.02. The minimum atomic E-state index is -0.371. The summed E-state index contributed by atoms with van der Waals surface area (Å²) in [6, 6.07) is 11.1. The second kappa shape index (κ2) is 8.31. The summed E-state index contributed by atoms with van der Waals surface area (Å²) in [5.74, 6) is 1.82. The summed E-state index contributed by atoms with van der Waals surface area (Å²) in [6.45, 7) is 4.19. The van der Waals surface area contributed by atoms with Crippen molar-refractivity contribution in [2.75, 3.05) is 24.3 Å². The van der Waals surface area contributed by atoms with Crippen LogP contribution in [0.2, 0.25) is 0 Å². The molecule has 0 spiro atoms. The summed E-state index contributed by atoms with van der Waals surface area (Å²) in [6.07, 6.45) is 0.772. The van der Waals surface area contributed by atoms with Gasteiger partial charge in [0.2, 0.25) is 5.95 Å². The maximum absolute atomic E-state index is 12.4. The third kappa shape index (κ3) is 5.04. The number of carbonyl (C=O) groups excluding carboxylic acids is 1. The van der Waals surface area contributed by atoms with Gasteiger partial charge in [-0.15, -0.1) is 0 Å². The molecule has 3 rings (SSSR count). The average Bonchev–Trinajstić information content (AvgIpc) is 3.06. The van der Waals surface area contributed by atoms with Crippen LogP contribution in [0.4, 0.5) is 11.8 Å². The lowest BCUT2D eigenvalue weighted by Gasteiger charge is -2.09. The van der Waals surface area contributed by atoms with E-state index in [2.05, 4.69) is 25.8 Å². The van der Waals surface area contributed by atoms with Gasteiger partial charge in [-0.25, -0.2) is 9.97 Å². The van der Waals surface area contributed by atoms with Crippen LogP contribution in [0.3, 0.4) is 0 Å². The number of anilines is 2. The number of nitrogens with zero attached hydrogens (tertiary/aromatic N) is 3. The molecule has 0 bridgehead atoms. The number of hydrogen-bond acceptors (Lipinski definition) is 7. The van der Waals surface area contributed by atoms with Gasteiger partial charge in [0.1, 0.15) is 17.2 Å². The first kappa shape index (κ1) is 18.4. The van der Waals surface area contributed by atoms with Crippen LogP contribution in [0.15, 0.2) is 40.9 Å². The van der Waals surface area contributed by atoms with Crippen LogP contribution in [0, 0.1) is 13.8 Å². The van der Waals surface area contributed by atoms with Crippen LogP contribution < -0.4 is 15.4 Å². The van der Waals surface area contributed by atoms with Crippen molar-refractivity contribution in [1.29, 1.82) is 0 Å². The maximum Gasteiger partial charge on any atom is 0.275 e. The first-order chi connectivity index (χ1) is 13.0. The van der Waals surface area contributed by atoms with E-state index in [1.165, 1.54) is 0 Å². The molecule has 0 radical (unpaired) electrons. The molecule has 8 nitrogen and oxygen atoms in total. The normalized spacial score (nSPS) is 10.5. The Bertz CT molecular complexity index is 939. The van der Waals surface area contributed by atoms with Crippen LogP contribution in [-0.4, -0.2) is 34.7 Å². The molecule has 0 saturated carbocycles. The molecule has 0 fully saturated rings. The first-order valence-corrected chi connectivity index (χ1v) is 8.50. The van der Waals surface area contributed by atoms with Gasteiger partial charge in [-0.2, -0.15) is 0 Å². The van der Waals surface area contributed by atoms with E-state index in [-0.39, 0.29) is 11.6 Å². The smallest absolute Gasteiger partial charge is 0.275 e. The lowest BCUT2D eigenvalue weighted by Crippen LogP contribution is -2.17. The van der Waals surface area contributed by atoms with Crippen molar-refractivity contribution >= 4 is 17.7 Å². The number of nitrogens with one attached hydrogen (secondary N) is 2. The molecule has 2 aromatic heterocycles. The quantitative estimate of drug-likeness (QED) is 0.662. The van der Waals surface area contributed by atoms with E-state index in [4.69, 9.17) is 9.26 Å². The Labute approximate surface area is 157 Å². The van der Waals surface area contributed by atoms with E-state index < -0.39 is 0 Å². The molecule has 1 amide bonds. The highest BCUT2D eigenvalue weighted by Gasteiger charge is 2.13. The van der Waals surface area contributed by atoms with E-state index in [1.807, 2.05) is 31.2 Å². The highest BCUT2D eigenvalue weighted by molar-refractivity contribution is 6.02. The van der Waals surface area contributed by atoms with Gasteiger partial charge >= 0.3 is 0 Å². The third-order valence-electron chi connectivity index (χ3n) is 3.79. The minimum absolute atomic E-state index is 0.257. The zero-order valence-electron chi connectivity index (χ0n) is 15.4. The Morgan fingerprint density at radius 2 is 2.04 bits per heavy atom. The van der Waals surface area contributed by atoms with Crippen molar-refractivity contribution in [3.05, 3.63) is 59.1 Å². The molecular formula is C19H21N5O3. The molecule has 0 aliphatic rings. The fourth-order valence-electron chi connectivity index (χ4n) is 2.52. The molecule has 0 atom stereocenters. The predicted octanol–water partition coefficient (Wildman–Crippen LogP) is 3.00. The van der Waals surface area contributed by atoms with E-state index in [9.17, 15) is 4.79 Å². The summed E-state index contributed by atoms with van der Waals surface area (Å²) < 4.78 is 10.2. The van der Waals surface area contributed by atoms with Crippen molar-refractivity contribution in [3.63, 3.8) is 0 Å². The molecule has 3 aromatic rings. The van der Waals surface area contributed by atoms with E-state index in [0.29, 0.717) is 29.8 Å². The van der Waals surface area contributed by atoms with Gasteiger partial charge in [0, 0.05) is 18.3 Å². The standard InChI is InChI=1S/C19H21N5O3/c1-12-9-16(18(25)23-17-10-13(2)27-24-17)22-19(21-12)20-8-7-14-5-4-6-15(11-14)26-3/h4-6,9-11H,7-8H2,1-3H3,(H,20,21,22)(H,23,24,25). The number of rotatable bonds is 7. The number of aromatic nitrogens is 3. The van der Waals surface area contributed by atoms with Crippen molar-refractivity contribution in [2.45, 2.75) is 20.3 Å². The SMILES string of the molecule is COc1cccc(CCNc2nc(C)cc(C(=O)Nc3cc(C)on3)n2)c1. The topological polar surface area (TPSA) is 102 Å². The maximum atomic E-state index is 12.4. The van der Waals surface area contributed by atoms with Crippen molar-refractivity contribution in [2.24, 2.45) is 0 Å². The third-order valence-corrected chi connectivity index (χ3v) is 3.79. The molecule has 2 N–H and O–H groups in total. The lowest BCUT2D eigenvalue weighted by molar-refractivity contribution is 0.102. The van der Waals surface area contributed by atoms with Crippen molar-refractivity contribution in [1.82, 2.24) is 15.1 Å². The van der Waals surface area contributed by atoms with Gasteiger partial charge in [0.05, 0.1) is 7.11 Å². The summed E-state index contributed by atoms with van der Waals surface area (Å²) in [5, 5.41) is 9.56. The minimum Gasteiger partial charge on any atom is -0.497 e. The van der Waals surface area contributed by atoms with Gasteiger partial charge in [0.25, 0.3) is 5.91 Å². The van der Waals surface area contributed by atoms with Crippen LogP contribution in [-0.2, 0) is 6.42 Å². The average molecular weight is 367 g/mol. The van der Waals surface area contributed by atoms with Crippen molar-refractivity contribution in [3.8, 4) is 5.75 Å². The van der Waals surface area contributed by atoms with Crippen molar-refractivity contribution < 1.29 is 14.1 Å². The molecule has 0 saturated heterocycles. The zero-order chi connectivity index (χ0) is 19.2. The first-order valence-electron chi connectivity index (χ1n) is 8.50. The van der Waals surface area contributed by atoms with Crippen LogP contribution in [0.1, 0.15) is 27.5 Å². The van der Waals surface area contributed by atoms with E-state index >= 15 is 0 Å². The Hall–Kier alpha value is -3.42. The number of benzene rings is 1. The monoisotopic (exact) mass is 367 g/mol. The molecule has 0 aliphatic carbocycles. The molecule has 140 valence electrons. The Morgan fingerprint density at radius 3 is 2.78 bits per heavy atom. The highest BCUT2D eigenvalue weighted by atomic mass is 16.5. The molecule has 27 heavy (non-hydrogen) atoms. The fraction of sp³-hybridized carbons (Fsp3) is 0.263. The summed E-state index contributed by atoms with van der Waals surface area (Å²) in [4.78, 5) is 21.0. The molecule has 0 aliphatic heterocycles. The summed E-state index contributed by atoms with van der Waals surface area (Å²) in [7, 11) is 1.64. The fourth-order valence-corrected chi connectivity index (χ4v) is 2.52. The summed E-state index contributed by atoms with van der Waals surface area (Å²) >= 11 is 0. The largest absolute Gasteiger partial charge is 0.497 e. The Balaban J connectivity index is 1.63. The molecule has 8 heteroatoms. The Kier molecular flexibility index (Phi) is 5.65. The van der Waals surface area contributed by atoms with E-state index in [0.717, 1.165) is 17.7 Å². The van der Waals surface area contributed by atoms with Gasteiger partial charge in [-0.1, -0.05) is 17.3 Å². The highest BCUT2D eigenvalue weighted by Crippen LogP contribution is 2.14. The number of methoxy groups -OCH3 is 1. The lowest BCUT2D eigenvalue weighted by atomic mass is 10.1. The molecular weight excluding hydrogens is 346 g/mol.